The molecule has 1 amide bonds. The molecule has 0 heterocycles. The molecule has 5 nitrogen and oxygen atoms in total. The first-order valence-corrected chi connectivity index (χ1v) is 5.56. The second kappa shape index (κ2) is 6.93. The lowest BCUT2D eigenvalue weighted by Crippen LogP contribution is -2.39. The van der Waals surface area contributed by atoms with Crippen LogP contribution in [-0.4, -0.2) is 32.3 Å². The van der Waals surface area contributed by atoms with E-state index in [1.807, 2.05) is 0 Å². The van der Waals surface area contributed by atoms with Gasteiger partial charge in [-0.15, -0.1) is 0 Å². The largest absolute Gasteiger partial charge is 0.492 e. The fourth-order valence-corrected chi connectivity index (χ4v) is 1.36. The van der Waals surface area contributed by atoms with Gasteiger partial charge in [-0.3, -0.25) is 4.79 Å². The van der Waals surface area contributed by atoms with Gasteiger partial charge in [0.05, 0.1) is 18.9 Å². The predicted octanol–water partition coefficient (Wildman–Crippen LogP) is 1.14. The molecule has 0 aliphatic carbocycles. The molecule has 0 fully saturated rings. The van der Waals surface area contributed by atoms with Gasteiger partial charge in [0.25, 0.3) is 0 Å². The van der Waals surface area contributed by atoms with Crippen LogP contribution >= 0.6 is 0 Å². The Kier molecular flexibility index (Phi) is 5.54. The Morgan fingerprint density at radius 3 is 2.89 bits per heavy atom. The molecule has 0 radical (unpaired) electrons. The normalized spacial score (nSPS) is 12.0. The van der Waals surface area contributed by atoms with E-state index in [0.717, 1.165) is 0 Å². The molecule has 0 bridgehead atoms. The number of hydrogen-bond donors (Lipinski definition) is 2. The van der Waals surface area contributed by atoms with Crippen molar-refractivity contribution >= 4 is 11.6 Å². The first-order chi connectivity index (χ1) is 8.58. The highest BCUT2D eigenvalue weighted by molar-refractivity contribution is 5.96. The molecule has 0 spiro atoms. The molecule has 100 valence electrons. The van der Waals surface area contributed by atoms with Gasteiger partial charge in [0.2, 0.25) is 5.91 Å². The average molecular weight is 256 g/mol. The van der Waals surface area contributed by atoms with Gasteiger partial charge in [0, 0.05) is 13.2 Å². The number of rotatable bonds is 6. The van der Waals surface area contributed by atoms with E-state index in [1.165, 1.54) is 25.3 Å². The molecule has 0 aliphatic rings. The van der Waals surface area contributed by atoms with Gasteiger partial charge < -0.3 is 20.5 Å². The summed E-state index contributed by atoms with van der Waals surface area (Å²) in [5, 5.41) is 2.57. The number of carbonyl (C=O) groups is 1. The molecular weight excluding hydrogens is 239 g/mol. The second-order valence-electron chi connectivity index (χ2n) is 3.62. The molecule has 1 unspecified atom stereocenters. The van der Waals surface area contributed by atoms with Gasteiger partial charge in [-0.25, -0.2) is 4.39 Å². The number of ether oxygens (including phenoxy) is 2. The first kappa shape index (κ1) is 14.4. The molecule has 1 rings (SSSR count). The lowest BCUT2D eigenvalue weighted by molar-refractivity contribution is -0.118. The summed E-state index contributed by atoms with van der Waals surface area (Å²) in [5.74, 6) is -0.572. The second-order valence-corrected chi connectivity index (χ2v) is 3.62. The van der Waals surface area contributed by atoms with Crippen molar-refractivity contribution < 1.29 is 18.7 Å². The fraction of sp³-hybridized carbons (Fsp3) is 0.417. The van der Waals surface area contributed by atoms with Gasteiger partial charge in [-0.1, -0.05) is 0 Å². The summed E-state index contributed by atoms with van der Waals surface area (Å²) in [5.41, 5.74) is 5.96. The minimum atomic E-state index is -0.783. The Hall–Kier alpha value is -1.66. The summed E-state index contributed by atoms with van der Waals surface area (Å²) in [6.07, 6.45) is 0. The van der Waals surface area contributed by atoms with Crippen LogP contribution in [0.15, 0.2) is 18.2 Å². The molecule has 1 aromatic carbocycles. The zero-order valence-corrected chi connectivity index (χ0v) is 10.4. The monoisotopic (exact) mass is 256 g/mol. The van der Waals surface area contributed by atoms with E-state index in [1.54, 1.807) is 6.92 Å². The van der Waals surface area contributed by atoms with E-state index in [4.69, 9.17) is 15.2 Å². The van der Waals surface area contributed by atoms with Gasteiger partial charge >= 0.3 is 0 Å². The third-order valence-electron chi connectivity index (χ3n) is 2.18. The van der Waals surface area contributed by atoms with E-state index in [0.29, 0.717) is 12.3 Å². The standard InChI is InChI=1S/C12H17FN2O3/c1-3-18-11-6-8(13)4-5-10(11)15-12(16)9(14)7-17-2/h4-6,9H,3,7,14H2,1-2H3,(H,15,16). The van der Waals surface area contributed by atoms with Crippen molar-refractivity contribution in [2.45, 2.75) is 13.0 Å². The predicted molar refractivity (Wildman–Crippen MR) is 66.1 cm³/mol. The SMILES string of the molecule is CCOc1cc(F)ccc1NC(=O)C(N)COC. The first-order valence-electron chi connectivity index (χ1n) is 5.56. The summed E-state index contributed by atoms with van der Waals surface area (Å²) in [6, 6.07) is 3.09. The van der Waals surface area contributed by atoms with Crippen LogP contribution in [0.2, 0.25) is 0 Å². The number of benzene rings is 1. The Labute approximate surface area is 105 Å². The maximum Gasteiger partial charge on any atom is 0.243 e. The number of methoxy groups -OCH3 is 1. The molecular formula is C12H17FN2O3. The summed E-state index contributed by atoms with van der Waals surface area (Å²) in [7, 11) is 1.46. The van der Waals surface area contributed by atoms with Crippen LogP contribution in [0.1, 0.15) is 6.92 Å². The van der Waals surface area contributed by atoms with Gasteiger partial charge in [-0.2, -0.15) is 0 Å². The maximum absolute atomic E-state index is 13.0. The van der Waals surface area contributed by atoms with Crippen LogP contribution in [-0.2, 0) is 9.53 Å². The quantitative estimate of drug-likeness (QED) is 0.800. The molecule has 0 saturated carbocycles. The number of anilines is 1. The lowest BCUT2D eigenvalue weighted by Gasteiger charge is -2.14. The van der Waals surface area contributed by atoms with Crippen LogP contribution in [0, 0.1) is 5.82 Å². The molecule has 3 N–H and O–H groups in total. The van der Waals surface area contributed by atoms with Crippen LogP contribution < -0.4 is 15.8 Å². The molecule has 6 heteroatoms. The van der Waals surface area contributed by atoms with E-state index < -0.39 is 17.8 Å². The van der Waals surface area contributed by atoms with Crippen molar-refractivity contribution in [3.05, 3.63) is 24.0 Å². The third-order valence-corrected chi connectivity index (χ3v) is 2.18. The lowest BCUT2D eigenvalue weighted by atomic mass is 10.2. The smallest absolute Gasteiger partial charge is 0.243 e. The molecule has 1 atom stereocenters. The topological polar surface area (TPSA) is 73.6 Å². The van der Waals surface area contributed by atoms with Crippen molar-refractivity contribution in [2.75, 3.05) is 25.6 Å². The number of nitrogens with two attached hydrogens (primary N) is 1. The molecule has 0 aliphatic heterocycles. The Balaban J connectivity index is 2.80. The summed E-state index contributed by atoms with van der Waals surface area (Å²) in [4.78, 5) is 11.7. The average Bonchev–Trinajstić information content (AvgIpc) is 2.33. The Morgan fingerprint density at radius 1 is 1.56 bits per heavy atom. The third kappa shape index (κ3) is 3.97. The van der Waals surface area contributed by atoms with Gasteiger partial charge in [-0.05, 0) is 19.1 Å². The Morgan fingerprint density at radius 2 is 2.28 bits per heavy atom. The number of hydrogen-bond acceptors (Lipinski definition) is 4. The van der Waals surface area contributed by atoms with Crippen molar-refractivity contribution in [1.29, 1.82) is 0 Å². The summed E-state index contributed by atoms with van der Waals surface area (Å²) >= 11 is 0. The zero-order valence-electron chi connectivity index (χ0n) is 10.4. The number of nitrogens with one attached hydrogen (secondary N) is 1. The van der Waals surface area contributed by atoms with E-state index in [9.17, 15) is 9.18 Å². The molecule has 18 heavy (non-hydrogen) atoms. The van der Waals surface area contributed by atoms with Crippen LogP contribution in [0.4, 0.5) is 10.1 Å². The summed E-state index contributed by atoms with van der Waals surface area (Å²) < 4.78 is 23.1. The molecule has 0 saturated heterocycles. The molecule has 0 aromatic heterocycles. The van der Waals surface area contributed by atoms with Crippen molar-refractivity contribution in [2.24, 2.45) is 5.73 Å². The van der Waals surface area contributed by atoms with Crippen molar-refractivity contribution in [1.82, 2.24) is 0 Å². The van der Waals surface area contributed by atoms with Crippen molar-refractivity contribution in [3.8, 4) is 5.75 Å². The highest BCUT2D eigenvalue weighted by Gasteiger charge is 2.15. The maximum atomic E-state index is 13.0. The van der Waals surface area contributed by atoms with Crippen LogP contribution in [0.5, 0.6) is 5.75 Å². The number of carbonyl (C=O) groups excluding carboxylic acids is 1. The van der Waals surface area contributed by atoms with E-state index in [2.05, 4.69) is 5.32 Å². The number of amides is 1. The zero-order chi connectivity index (χ0) is 13.5. The van der Waals surface area contributed by atoms with E-state index >= 15 is 0 Å². The van der Waals surface area contributed by atoms with Crippen molar-refractivity contribution in [3.63, 3.8) is 0 Å². The minimum absolute atomic E-state index is 0.108. The van der Waals surface area contributed by atoms with Crippen LogP contribution in [0.3, 0.4) is 0 Å². The van der Waals surface area contributed by atoms with Gasteiger partial charge in [0.15, 0.2) is 0 Å². The van der Waals surface area contributed by atoms with Gasteiger partial charge in [0.1, 0.15) is 17.6 Å². The summed E-state index contributed by atoms with van der Waals surface area (Å²) in [6.45, 7) is 2.25. The fourth-order valence-electron chi connectivity index (χ4n) is 1.36. The molecule has 1 aromatic rings. The number of halogens is 1. The van der Waals surface area contributed by atoms with E-state index in [-0.39, 0.29) is 12.4 Å². The highest BCUT2D eigenvalue weighted by Crippen LogP contribution is 2.25. The van der Waals surface area contributed by atoms with Crippen LogP contribution in [0.25, 0.3) is 0 Å². The Bertz CT molecular complexity index is 412. The highest BCUT2D eigenvalue weighted by atomic mass is 19.1. The minimum Gasteiger partial charge on any atom is -0.492 e.